The van der Waals surface area contributed by atoms with Crippen LogP contribution in [-0.4, -0.2) is 24.5 Å². The second kappa shape index (κ2) is 7.89. The Balaban J connectivity index is 2.22. The number of nitrogens with one attached hydrogen (secondary N) is 2. The molecule has 0 aromatic heterocycles. The lowest BCUT2D eigenvalue weighted by atomic mass is 10.1. The van der Waals surface area contributed by atoms with Crippen LogP contribution < -0.4 is 10.6 Å². The Kier molecular flexibility index (Phi) is 6.50. The van der Waals surface area contributed by atoms with E-state index in [-0.39, 0.29) is 23.8 Å². The number of amides is 1. The van der Waals surface area contributed by atoms with Gasteiger partial charge in [-0.25, -0.2) is 4.39 Å². The average molecular weight is 266 g/mol. The molecule has 1 aromatic carbocycles. The molecule has 1 atom stereocenters. The molecule has 0 heterocycles. The van der Waals surface area contributed by atoms with Crippen LogP contribution in [0.25, 0.3) is 0 Å². The first-order valence-electron chi connectivity index (χ1n) is 6.74. The lowest BCUT2D eigenvalue weighted by Gasteiger charge is -2.14. The third-order valence-electron chi connectivity index (χ3n) is 2.75. The Morgan fingerprint density at radius 1 is 1.21 bits per heavy atom. The molecule has 1 amide bonds. The minimum atomic E-state index is -0.213. The SMILES string of the molecule is CC(C)NC(=O)CCNC(C)Cc1ccc(F)cc1. The van der Waals surface area contributed by atoms with E-state index in [4.69, 9.17) is 0 Å². The summed E-state index contributed by atoms with van der Waals surface area (Å²) in [6, 6.07) is 6.97. The van der Waals surface area contributed by atoms with Gasteiger partial charge in [0.05, 0.1) is 0 Å². The van der Waals surface area contributed by atoms with Gasteiger partial charge in [0.15, 0.2) is 0 Å². The van der Waals surface area contributed by atoms with Gasteiger partial charge < -0.3 is 10.6 Å². The van der Waals surface area contributed by atoms with Crippen molar-refractivity contribution in [1.29, 1.82) is 0 Å². The third-order valence-corrected chi connectivity index (χ3v) is 2.75. The fourth-order valence-electron chi connectivity index (χ4n) is 1.87. The largest absolute Gasteiger partial charge is 0.354 e. The van der Waals surface area contributed by atoms with Crippen LogP contribution in [-0.2, 0) is 11.2 Å². The maximum absolute atomic E-state index is 12.8. The number of hydrogen-bond donors (Lipinski definition) is 2. The van der Waals surface area contributed by atoms with Crippen molar-refractivity contribution >= 4 is 5.91 Å². The van der Waals surface area contributed by atoms with Gasteiger partial charge in [-0.1, -0.05) is 12.1 Å². The molecular formula is C15H23FN2O. The molecule has 106 valence electrons. The maximum atomic E-state index is 12.8. The van der Waals surface area contributed by atoms with Crippen LogP contribution in [0.4, 0.5) is 4.39 Å². The van der Waals surface area contributed by atoms with Crippen LogP contribution in [0.5, 0.6) is 0 Å². The van der Waals surface area contributed by atoms with E-state index in [1.165, 1.54) is 12.1 Å². The summed E-state index contributed by atoms with van der Waals surface area (Å²) in [5.41, 5.74) is 1.09. The predicted molar refractivity (Wildman–Crippen MR) is 75.5 cm³/mol. The molecule has 0 aliphatic heterocycles. The van der Waals surface area contributed by atoms with Crippen LogP contribution in [0.2, 0.25) is 0 Å². The standard InChI is InChI=1S/C15H23FN2O/c1-11(2)18-15(19)8-9-17-12(3)10-13-4-6-14(16)7-5-13/h4-7,11-12,17H,8-10H2,1-3H3,(H,18,19). The average Bonchev–Trinajstić information content (AvgIpc) is 2.31. The summed E-state index contributed by atoms with van der Waals surface area (Å²) < 4.78 is 12.8. The number of halogens is 1. The van der Waals surface area contributed by atoms with Crippen molar-refractivity contribution in [1.82, 2.24) is 10.6 Å². The molecule has 19 heavy (non-hydrogen) atoms. The van der Waals surface area contributed by atoms with Crippen LogP contribution in [0.1, 0.15) is 32.8 Å². The van der Waals surface area contributed by atoms with E-state index in [1.807, 2.05) is 13.8 Å². The molecule has 3 nitrogen and oxygen atoms in total. The second-order valence-corrected chi connectivity index (χ2v) is 5.16. The second-order valence-electron chi connectivity index (χ2n) is 5.16. The molecule has 0 fully saturated rings. The summed E-state index contributed by atoms with van der Waals surface area (Å²) in [6.07, 6.45) is 1.30. The van der Waals surface area contributed by atoms with Crippen molar-refractivity contribution in [2.24, 2.45) is 0 Å². The van der Waals surface area contributed by atoms with Crippen molar-refractivity contribution in [2.45, 2.75) is 45.7 Å². The quantitative estimate of drug-likeness (QED) is 0.795. The smallest absolute Gasteiger partial charge is 0.221 e. The summed E-state index contributed by atoms with van der Waals surface area (Å²) in [5, 5.41) is 6.15. The van der Waals surface area contributed by atoms with Crippen LogP contribution in [0.15, 0.2) is 24.3 Å². The third kappa shape index (κ3) is 6.91. The molecule has 1 aromatic rings. The molecule has 0 saturated carbocycles. The molecule has 1 rings (SSSR count). The van der Waals surface area contributed by atoms with E-state index in [0.29, 0.717) is 13.0 Å². The van der Waals surface area contributed by atoms with E-state index in [9.17, 15) is 9.18 Å². The fourth-order valence-corrected chi connectivity index (χ4v) is 1.87. The molecule has 4 heteroatoms. The number of rotatable bonds is 7. The zero-order valence-corrected chi connectivity index (χ0v) is 11.9. The van der Waals surface area contributed by atoms with Gasteiger partial charge in [0, 0.05) is 25.0 Å². The topological polar surface area (TPSA) is 41.1 Å². The van der Waals surface area contributed by atoms with E-state index < -0.39 is 0 Å². The Morgan fingerprint density at radius 2 is 1.84 bits per heavy atom. The summed E-state index contributed by atoms with van der Waals surface area (Å²) in [4.78, 5) is 11.4. The molecule has 0 saturated heterocycles. The van der Waals surface area contributed by atoms with Crippen LogP contribution in [0.3, 0.4) is 0 Å². The number of carbonyl (C=O) groups excluding carboxylic acids is 1. The van der Waals surface area contributed by atoms with Crippen molar-refractivity contribution in [2.75, 3.05) is 6.54 Å². The summed E-state index contributed by atoms with van der Waals surface area (Å²) >= 11 is 0. The van der Waals surface area contributed by atoms with Crippen LogP contribution >= 0.6 is 0 Å². The van der Waals surface area contributed by atoms with Crippen molar-refractivity contribution in [3.63, 3.8) is 0 Å². The first kappa shape index (κ1) is 15.6. The van der Waals surface area contributed by atoms with Gasteiger partial charge in [0.1, 0.15) is 5.82 Å². The molecule has 0 bridgehead atoms. The highest BCUT2D eigenvalue weighted by Gasteiger charge is 2.06. The number of hydrogen-bond acceptors (Lipinski definition) is 2. The molecule has 0 spiro atoms. The first-order chi connectivity index (χ1) is 8.97. The van der Waals surface area contributed by atoms with Crippen molar-refractivity contribution < 1.29 is 9.18 Å². The molecule has 1 unspecified atom stereocenters. The zero-order chi connectivity index (χ0) is 14.3. The monoisotopic (exact) mass is 266 g/mol. The van der Waals surface area contributed by atoms with Crippen molar-refractivity contribution in [3.05, 3.63) is 35.6 Å². The van der Waals surface area contributed by atoms with E-state index >= 15 is 0 Å². The minimum Gasteiger partial charge on any atom is -0.354 e. The summed E-state index contributed by atoms with van der Waals surface area (Å²) in [5.74, 6) is -0.147. The van der Waals surface area contributed by atoms with Gasteiger partial charge in [0.2, 0.25) is 5.91 Å². The van der Waals surface area contributed by atoms with Gasteiger partial charge in [-0.05, 0) is 44.9 Å². The molecule has 0 aliphatic rings. The van der Waals surface area contributed by atoms with Gasteiger partial charge in [-0.2, -0.15) is 0 Å². The van der Waals surface area contributed by atoms with Gasteiger partial charge in [-0.3, -0.25) is 4.79 Å². The number of carbonyl (C=O) groups is 1. The first-order valence-corrected chi connectivity index (χ1v) is 6.74. The highest BCUT2D eigenvalue weighted by atomic mass is 19.1. The normalized spacial score (nSPS) is 12.5. The Labute approximate surface area is 114 Å². The molecule has 0 radical (unpaired) electrons. The lowest BCUT2D eigenvalue weighted by Crippen LogP contribution is -2.35. The lowest BCUT2D eigenvalue weighted by molar-refractivity contribution is -0.121. The summed E-state index contributed by atoms with van der Waals surface area (Å²) in [6.45, 7) is 6.61. The van der Waals surface area contributed by atoms with Gasteiger partial charge in [0.25, 0.3) is 0 Å². The molecule has 0 aliphatic carbocycles. The molecule has 2 N–H and O–H groups in total. The Morgan fingerprint density at radius 3 is 2.42 bits per heavy atom. The van der Waals surface area contributed by atoms with Gasteiger partial charge in [-0.15, -0.1) is 0 Å². The predicted octanol–water partition coefficient (Wildman–Crippen LogP) is 2.26. The van der Waals surface area contributed by atoms with E-state index in [0.717, 1.165) is 12.0 Å². The van der Waals surface area contributed by atoms with Gasteiger partial charge >= 0.3 is 0 Å². The maximum Gasteiger partial charge on any atom is 0.221 e. The van der Waals surface area contributed by atoms with Crippen molar-refractivity contribution in [3.8, 4) is 0 Å². The highest BCUT2D eigenvalue weighted by molar-refractivity contribution is 5.76. The van der Waals surface area contributed by atoms with E-state index in [2.05, 4.69) is 17.6 Å². The summed E-state index contributed by atoms with van der Waals surface area (Å²) in [7, 11) is 0. The minimum absolute atomic E-state index is 0.0662. The Hall–Kier alpha value is -1.42. The zero-order valence-electron chi connectivity index (χ0n) is 11.9. The Bertz CT molecular complexity index is 390. The van der Waals surface area contributed by atoms with Crippen LogP contribution in [0, 0.1) is 5.82 Å². The fraction of sp³-hybridized carbons (Fsp3) is 0.533. The molecular weight excluding hydrogens is 243 g/mol. The van der Waals surface area contributed by atoms with E-state index in [1.54, 1.807) is 12.1 Å². The highest BCUT2D eigenvalue weighted by Crippen LogP contribution is 2.05. The number of benzene rings is 1.